The summed E-state index contributed by atoms with van der Waals surface area (Å²) in [5, 5.41) is 0. The Balaban J connectivity index is 1.09. The number of halogens is 1. The summed E-state index contributed by atoms with van der Waals surface area (Å²) in [7, 11) is -3.95. The third-order valence-corrected chi connectivity index (χ3v) is 14.4. The molecule has 8 rings (SSSR count). The van der Waals surface area contributed by atoms with Crippen LogP contribution in [-0.2, 0) is 47.2 Å². The maximum Gasteiger partial charge on any atom is 0.472 e. The number of aromatic amines is 1. The molecule has 0 spiro atoms. The Morgan fingerprint density at radius 3 is 2.43 bits per heavy atom. The molecule has 6 heterocycles. The number of carbonyl (C=O) groups excluding carboxylic acids is 1. The van der Waals surface area contributed by atoms with Crippen molar-refractivity contribution in [1.29, 1.82) is 0 Å². The number of rotatable bonds is 8. The largest absolute Gasteiger partial charge is 0.472 e. The number of alkyl halides is 1. The molecule has 3 aliphatic rings. The minimum Gasteiger partial charge on any atom is -0.423 e. The van der Waals surface area contributed by atoms with Gasteiger partial charge in [-0.05, 0) is 48.1 Å². The molecule has 25 heteroatoms. The van der Waals surface area contributed by atoms with Crippen LogP contribution in [0.3, 0.4) is 0 Å². The highest BCUT2D eigenvalue weighted by molar-refractivity contribution is 8.54. The Morgan fingerprint density at radius 2 is 1.70 bits per heavy atom. The lowest BCUT2D eigenvalue weighted by molar-refractivity contribution is -0.0677. The van der Waals surface area contributed by atoms with E-state index in [1.165, 1.54) is 18.0 Å². The molecule has 60 heavy (non-hydrogen) atoms. The first-order valence-corrected chi connectivity index (χ1v) is 22.7. The molecule has 0 amide bonds. The number of fused-ring (bicyclic) bond motifs is 4. The molecule has 318 valence electrons. The highest BCUT2D eigenvalue weighted by Crippen LogP contribution is 2.64. The van der Waals surface area contributed by atoms with Crippen molar-refractivity contribution in [3.63, 3.8) is 0 Å². The first-order chi connectivity index (χ1) is 28.7. The predicted octanol–water partition coefficient (Wildman–Crippen LogP) is 3.59. The Labute approximate surface area is 342 Å². The molecule has 3 saturated heterocycles. The van der Waals surface area contributed by atoms with Gasteiger partial charge in [0, 0.05) is 25.1 Å². The van der Waals surface area contributed by atoms with E-state index < -0.39 is 94.2 Å². The van der Waals surface area contributed by atoms with E-state index in [0.717, 1.165) is 28.7 Å². The number of phosphoric acid groups is 1. The first kappa shape index (κ1) is 42.1. The third kappa shape index (κ3) is 8.74. The van der Waals surface area contributed by atoms with Crippen molar-refractivity contribution >= 4 is 49.0 Å². The van der Waals surface area contributed by atoms with E-state index >= 15 is 4.39 Å². The van der Waals surface area contributed by atoms with Gasteiger partial charge >= 0.3 is 26.3 Å². The number of aryl methyl sites for hydroxylation is 1. The van der Waals surface area contributed by atoms with E-state index in [4.69, 9.17) is 42.8 Å². The maximum atomic E-state index is 16.4. The van der Waals surface area contributed by atoms with Crippen LogP contribution < -0.4 is 21.7 Å². The maximum absolute atomic E-state index is 16.4. The SMILES string of the molecule is CO[C@@H]1[C@@H]2OP(=O)(SCc3ccc(OC(=O)c4ccc(C)cc4)cc3)OC[C@H]3O[C@@H](n4cnc5c(N)ncnc54)[C@H](OP(=O)(O)OC[C@H]2O[C@H]1n1ccc(=O)[nH]c1=O)[C@@H]3F. The highest BCUT2D eigenvalue weighted by atomic mass is 32.7. The number of esters is 1. The highest BCUT2D eigenvalue weighted by Gasteiger charge is 2.55. The molecule has 10 atom stereocenters. The van der Waals surface area contributed by atoms with Gasteiger partial charge in [0.2, 0.25) is 0 Å². The number of imidazole rings is 1. The van der Waals surface area contributed by atoms with Crippen LogP contribution in [0.15, 0.2) is 83.0 Å². The molecular weight excluding hydrogens is 855 g/mol. The number of aromatic nitrogens is 6. The number of nitrogen functional groups attached to an aromatic ring is 1. The number of benzene rings is 2. The quantitative estimate of drug-likeness (QED) is 0.114. The lowest BCUT2D eigenvalue weighted by Crippen LogP contribution is -2.40. The number of carbonyl (C=O) groups is 1. The number of phosphoric ester groups is 1. The molecule has 0 saturated carbocycles. The van der Waals surface area contributed by atoms with Gasteiger partial charge in [0.1, 0.15) is 48.1 Å². The molecule has 21 nitrogen and oxygen atoms in total. The summed E-state index contributed by atoms with van der Waals surface area (Å²) >= 11 is 0.695. The zero-order valence-electron chi connectivity index (χ0n) is 31.4. The van der Waals surface area contributed by atoms with Crippen molar-refractivity contribution in [2.45, 2.75) is 61.8 Å². The Hall–Kier alpha value is -4.64. The molecule has 3 aromatic heterocycles. The van der Waals surface area contributed by atoms with Crippen molar-refractivity contribution < 1.29 is 60.3 Å². The lowest BCUT2D eigenvalue weighted by atomic mass is 10.1. The second-order valence-corrected chi connectivity index (χ2v) is 19.1. The fourth-order valence-corrected chi connectivity index (χ4v) is 11.0. The molecule has 0 aliphatic carbocycles. The standard InChI is InChI=1S/C35H36FN7O14P2S/c1-18-3-7-20(8-4-18)34(45)53-21-9-5-19(6-10-21)15-60-59(49)52-13-22-25(36)28(32(54-22)43-17-40-26-30(37)38-16-39-31(26)43)56-58(47,48)51-14-23-27(57-59)29(50-2)33(55-23)42-12-11-24(44)41-35(42)46/h3-12,16-17,22-23,25,27-29,32-33H,13-15H2,1-2H3,(H,47,48)(H2,37,38,39)(H,41,44,46)/t22-,23-,25-,27-,28-,29-,32-,33-,59?/m1/s1. The van der Waals surface area contributed by atoms with Crippen LogP contribution in [0.5, 0.6) is 5.75 Å². The first-order valence-electron chi connectivity index (χ1n) is 18.0. The van der Waals surface area contributed by atoms with Gasteiger partial charge in [0.15, 0.2) is 30.1 Å². The summed E-state index contributed by atoms with van der Waals surface area (Å²) in [5.74, 6) is -0.357. The number of H-pyrrole nitrogens is 1. The molecule has 2 aromatic carbocycles. The van der Waals surface area contributed by atoms with Crippen LogP contribution >= 0.6 is 26.0 Å². The Morgan fingerprint density at radius 1 is 0.967 bits per heavy atom. The van der Waals surface area contributed by atoms with E-state index in [1.54, 1.807) is 48.5 Å². The second-order valence-electron chi connectivity index (χ2n) is 13.7. The van der Waals surface area contributed by atoms with Crippen LogP contribution in [0.4, 0.5) is 10.2 Å². The number of nitrogens with one attached hydrogen (secondary N) is 1. The number of nitrogens with zero attached hydrogens (tertiary/aromatic N) is 5. The van der Waals surface area contributed by atoms with Crippen LogP contribution in [0.1, 0.15) is 33.9 Å². The van der Waals surface area contributed by atoms with Crippen LogP contribution in [0.2, 0.25) is 0 Å². The average molecular weight is 892 g/mol. The fraction of sp³-hybridized carbons (Fsp3) is 0.371. The number of nitrogens with two attached hydrogens (primary N) is 1. The van der Waals surface area contributed by atoms with E-state index in [2.05, 4.69) is 19.9 Å². The van der Waals surface area contributed by atoms with E-state index in [9.17, 15) is 28.4 Å². The number of ether oxygens (including phenoxy) is 4. The monoisotopic (exact) mass is 891 g/mol. The number of anilines is 1. The number of methoxy groups -OCH3 is 1. The van der Waals surface area contributed by atoms with Gasteiger partial charge in [-0.25, -0.2) is 38.1 Å². The van der Waals surface area contributed by atoms with Crippen molar-refractivity contribution in [2.24, 2.45) is 0 Å². The van der Waals surface area contributed by atoms with Crippen LogP contribution in [0, 0.1) is 6.92 Å². The minimum absolute atomic E-state index is 0.000116. The van der Waals surface area contributed by atoms with Gasteiger partial charge in [0.05, 0.1) is 25.1 Å². The third-order valence-electron chi connectivity index (χ3n) is 9.72. The second kappa shape index (κ2) is 17.0. The van der Waals surface area contributed by atoms with E-state index in [-0.39, 0.29) is 28.5 Å². The van der Waals surface area contributed by atoms with Gasteiger partial charge in [-0.1, -0.05) is 29.8 Å². The Kier molecular flexibility index (Phi) is 11.9. The van der Waals surface area contributed by atoms with Crippen LogP contribution in [0.25, 0.3) is 11.2 Å². The number of hydrogen-bond donors (Lipinski definition) is 3. The lowest BCUT2D eigenvalue weighted by Gasteiger charge is -2.28. The summed E-state index contributed by atoms with van der Waals surface area (Å²) in [4.78, 5) is 62.7. The average Bonchev–Trinajstić information content (AvgIpc) is 3.89. The van der Waals surface area contributed by atoms with Gasteiger partial charge in [-0.15, -0.1) is 0 Å². The summed E-state index contributed by atoms with van der Waals surface area (Å²) in [5.41, 5.74) is 6.48. The molecule has 3 aliphatic heterocycles. The summed E-state index contributed by atoms with van der Waals surface area (Å²) in [6, 6.07) is 14.3. The summed E-state index contributed by atoms with van der Waals surface area (Å²) < 4.78 is 93.3. The normalized spacial score (nSPS) is 30.9. The Bertz CT molecular complexity index is 2600. The molecular formula is C35H36FN7O14P2S. The van der Waals surface area contributed by atoms with E-state index in [0.29, 0.717) is 22.5 Å². The topological polar surface area (TPSA) is 270 Å². The van der Waals surface area contributed by atoms with Crippen LogP contribution in [-0.4, -0.2) is 96.9 Å². The molecule has 2 unspecified atom stereocenters. The van der Waals surface area contributed by atoms with Crippen molar-refractivity contribution in [3.05, 3.63) is 111 Å². The predicted molar refractivity (Wildman–Crippen MR) is 208 cm³/mol. The molecule has 2 bridgehead atoms. The zero-order valence-corrected chi connectivity index (χ0v) is 34.0. The number of hydrogen-bond acceptors (Lipinski definition) is 18. The summed E-state index contributed by atoms with van der Waals surface area (Å²) in [6.07, 6.45) is -9.15. The van der Waals surface area contributed by atoms with Crippen molar-refractivity contribution in [2.75, 3.05) is 26.1 Å². The van der Waals surface area contributed by atoms with Gasteiger partial charge in [0.25, 0.3) is 5.56 Å². The molecule has 5 aromatic rings. The van der Waals surface area contributed by atoms with E-state index in [1.807, 2.05) is 6.92 Å². The molecule has 4 N–H and O–H groups in total. The van der Waals surface area contributed by atoms with Crippen molar-refractivity contribution in [3.8, 4) is 5.75 Å². The summed E-state index contributed by atoms with van der Waals surface area (Å²) in [6.45, 7) is -4.16. The fourth-order valence-electron chi connectivity index (χ4n) is 6.72. The minimum atomic E-state index is -5.20. The zero-order chi connectivity index (χ0) is 42.3. The van der Waals surface area contributed by atoms with Gasteiger partial charge < -0.3 is 29.6 Å². The smallest absolute Gasteiger partial charge is 0.423 e. The molecule has 3 fully saturated rings. The molecule has 0 radical (unpaired) electrons. The van der Waals surface area contributed by atoms with Gasteiger partial charge in [-0.3, -0.25) is 37.0 Å². The van der Waals surface area contributed by atoms with Crippen molar-refractivity contribution in [1.82, 2.24) is 29.1 Å². The van der Waals surface area contributed by atoms with Gasteiger partial charge in [-0.2, -0.15) is 0 Å².